The molecular weight excluding hydrogens is 304 g/mol. The third-order valence-electron chi connectivity index (χ3n) is 4.65. The van der Waals surface area contributed by atoms with Gasteiger partial charge in [0.2, 0.25) is 0 Å². The summed E-state index contributed by atoms with van der Waals surface area (Å²) in [7, 11) is 0. The zero-order chi connectivity index (χ0) is 17.3. The van der Waals surface area contributed by atoms with Crippen LogP contribution in [-0.4, -0.2) is 50.3 Å². The van der Waals surface area contributed by atoms with E-state index in [0.29, 0.717) is 32.8 Å². The molecule has 1 heterocycles. The summed E-state index contributed by atoms with van der Waals surface area (Å²) in [6.07, 6.45) is 14.7. The SMILES string of the molecule is CCCCCCCCCCCCOC1CCOCC(O)CCOC1. The van der Waals surface area contributed by atoms with Gasteiger partial charge in [0.15, 0.2) is 0 Å². The summed E-state index contributed by atoms with van der Waals surface area (Å²) >= 11 is 0. The van der Waals surface area contributed by atoms with E-state index in [0.717, 1.165) is 19.4 Å². The molecular formula is C20H40O4. The molecule has 1 aliphatic heterocycles. The summed E-state index contributed by atoms with van der Waals surface area (Å²) in [4.78, 5) is 0. The van der Waals surface area contributed by atoms with E-state index in [1.165, 1.54) is 57.8 Å². The average molecular weight is 345 g/mol. The molecule has 4 heteroatoms. The van der Waals surface area contributed by atoms with Crippen LogP contribution in [0.15, 0.2) is 0 Å². The first kappa shape index (κ1) is 21.9. The Morgan fingerprint density at radius 3 is 2.08 bits per heavy atom. The molecule has 1 aliphatic rings. The lowest BCUT2D eigenvalue weighted by Gasteiger charge is -2.21. The van der Waals surface area contributed by atoms with E-state index >= 15 is 0 Å². The van der Waals surface area contributed by atoms with Gasteiger partial charge >= 0.3 is 0 Å². The first-order valence-corrected chi connectivity index (χ1v) is 10.3. The van der Waals surface area contributed by atoms with Gasteiger partial charge in [0.25, 0.3) is 0 Å². The van der Waals surface area contributed by atoms with Crippen molar-refractivity contribution in [2.45, 2.75) is 96.2 Å². The van der Waals surface area contributed by atoms with Crippen LogP contribution in [0.5, 0.6) is 0 Å². The van der Waals surface area contributed by atoms with Crippen LogP contribution in [-0.2, 0) is 14.2 Å². The molecule has 4 nitrogen and oxygen atoms in total. The van der Waals surface area contributed by atoms with Crippen LogP contribution in [0.4, 0.5) is 0 Å². The van der Waals surface area contributed by atoms with E-state index in [4.69, 9.17) is 14.2 Å². The lowest BCUT2D eigenvalue weighted by Crippen LogP contribution is -2.27. The normalized spacial score (nSPS) is 23.2. The molecule has 24 heavy (non-hydrogen) atoms. The molecule has 0 radical (unpaired) electrons. The highest BCUT2D eigenvalue weighted by atomic mass is 16.5. The first-order valence-electron chi connectivity index (χ1n) is 10.3. The fraction of sp³-hybridized carbons (Fsp3) is 1.00. The predicted octanol–water partition coefficient (Wildman–Crippen LogP) is 4.48. The number of hydrogen-bond acceptors (Lipinski definition) is 4. The Bertz CT molecular complexity index is 248. The fourth-order valence-electron chi connectivity index (χ4n) is 3.01. The second kappa shape index (κ2) is 16.3. The van der Waals surface area contributed by atoms with Crippen LogP contribution in [0.1, 0.15) is 84.0 Å². The van der Waals surface area contributed by atoms with Crippen LogP contribution in [0.25, 0.3) is 0 Å². The van der Waals surface area contributed by atoms with Gasteiger partial charge in [-0.05, 0) is 19.3 Å². The molecule has 0 bridgehead atoms. The van der Waals surface area contributed by atoms with Crippen molar-refractivity contribution in [3.63, 3.8) is 0 Å². The van der Waals surface area contributed by atoms with Gasteiger partial charge in [0, 0.05) is 19.8 Å². The van der Waals surface area contributed by atoms with Crippen molar-refractivity contribution in [2.75, 3.05) is 33.0 Å². The number of hydrogen-bond donors (Lipinski definition) is 1. The number of unbranched alkanes of at least 4 members (excludes halogenated alkanes) is 9. The highest BCUT2D eigenvalue weighted by molar-refractivity contribution is 4.61. The van der Waals surface area contributed by atoms with E-state index in [-0.39, 0.29) is 6.10 Å². The van der Waals surface area contributed by atoms with Crippen molar-refractivity contribution in [2.24, 2.45) is 0 Å². The molecule has 1 saturated heterocycles. The van der Waals surface area contributed by atoms with Crippen molar-refractivity contribution in [3.8, 4) is 0 Å². The fourth-order valence-corrected chi connectivity index (χ4v) is 3.01. The highest BCUT2D eigenvalue weighted by Crippen LogP contribution is 2.11. The minimum Gasteiger partial charge on any atom is -0.391 e. The molecule has 2 unspecified atom stereocenters. The van der Waals surface area contributed by atoms with Gasteiger partial charge in [-0.2, -0.15) is 0 Å². The van der Waals surface area contributed by atoms with E-state index < -0.39 is 6.10 Å². The largest absolute Gasteiger partial charge is 0.391 e. The Labute approximate surface area is 149 Å². The van der Waals surface area contributed by atoms with Gasteiger partial charge in [-0.1, -0.05) is 64.7 Å². The molecule has 0 aromatic heterocycles. The Balaban J connectivity index is 1.90. The average Bonchev–Trinajstić information content (AvgIpc) is 2.59. The molecule has 0 saturated carbocycles. The maximum absolute atomic E-state index is 9.58. The summed E-state index contributed by atoms with van der Waals surface area (Å²) < 4.78 is 17.0. The minimum atomic E-state index is -0.394. The second-order valence-electron chi connectivity index (χ2n) is 7.06. The molecule has 0 amide bonds. The number of aliphatic hydroxyl groups excluding tert-OH is 1. The molecule has 0 aromatic rings. The number of aliphatic hydroxyl groups is 1. The molecule has 0 spiro atoms. The summed E-state index contributed by atoms with van der Waals surface area (Å²) in [5.74, 6) is 0. The van der Waals surface area contributed by atoms with Crippen molar-refractivity contribution in [1.82, 2.24) is 0 Å². The smallest absolute Gasteiger partial charge is 0.0830 e. The molecule has 144 valence electrons. The lowest BCUT2D eigenvalue weighted by molar-refractivity contribution is -0.0617. The van der Waals surface area contributed by atoms with Gasteiger partial charge in [0.1, 0.15) is 0 Å². The molecule has 0 aromatic carbocycles. The van der Waals surface area contributed by atoms with Gasteiger partial charge in [-0.15, -0.1) is 0 Å². The predicted molar refractivity (Wildman–Crippen MR) is 98.5 cm³/mol. The minimum absolute atomic E-state index is 0.138. The topological polar surface area (TPSA) is 47.9 Å². The first-order chi connectivity index (χ1) is 11.8. The zero-order valence-corrected chi connectivity index (χ0v) is 15.8. The maximum Gasteiger partial charge on any atom is 0.0830 e. The van der Waals surface area contributed by atoms with Crippen LogP contribution < -0.4 is 0 Å². The van der Waals surface area contributed by atoms with Crippen molar-refractivity contribution in [1.29, 1.82) is 0 Å². The number of ether oxygens (including phenoxy) is 3. The third kappa shape index (κ3) is 13.2. The molecule has 1 N–H and O–H groups in total. The van der Waals surface area contributed by atoms with E-state index in [2.05, 4.69) is 6.92 Å². The van der Waals surface area contributed by atoms with Crippen LogP contribution in [0.2, 0.25) is 0 Å². The van der Waals surface area contributed by atoms with E-state index in [1.54, 1.807) is 0 Å². The van der Waals surface area contributed by atoms with Gasteiger partial charge in [-0.3, -0.25) is 0 Å². The van der Waals surface area contributed by atoms with E-state index in [9.17, 15) is 5.11 Å². The van der Waals surface area contributed by atoms with Crippen LogP contribution in [0, 0.1) is 0 Å². The molecule has 1 fully saturated rings. The molecule has 1 rings (SSSR count). The second-order valence-corrected chi connectivity index (χ2v) is 7.06. The lowest BCUT2D eigenvalue weighted by atomic mass is 10.1. The zero-order valence-electron chi connectivity index (χ0n) is 15.8. The quantitative estimate of drug-likeness (QED) is 0.530. The van der Waals surface area contributed by atoms with Gasteiger partial charge in [-0.25, -0.2) is 0 Å². The van der Waals surface area contributed by atoms with Gasteiger partial charge in [0.05, 0.1) is 25.4 Å². The summed E-state index contributed by atoms with van der Waals surface area (Å²) in [6.45, 7) is 5.35. The van der Waals surface area contributed by atoms with Crippen molar-refractivity contribution >= 4 is 0 Å². The Morgan fingerprint density at radius 2 is 1.38 bits per heavy atom. The Morgan fingerprint density at radius 1 is 0.792 bits per heavy atom. The van der Waals surface area contributed by atoms with Crippen LogP contribution in [0.3, 0.4) is 0 Å². The Kier molecular flexibility index (Phi) is 14.9. The summed E-state index contributed by atoms with van der Waals surface area (Å²) in [5, 5.41) is 9.58. The number of rotatable bonds is 12. The third-order valence-corrected chi connectivity index (χ3v) is 4.65. The standard InChI is InChI=1S/C20H40O4/c1-2-3-4-5-6-7-8-9-10-11-14-24-20-13-16-22-17-19(21)12-15-23-18-20/h19-21H,2-18H2,1H3. The van der Waals surface area contributed by atoms with Gasteiger partial charge < -0.3 is 19.3 Å². The summed E-state index contributed by atoms with van der Waals surface area (Å²) in [5.41, 5.74) is 0. The van der Waals surface area contributed by atoms with Crippen molar-refractivity contribution < 1.29 is 19.3 Å². The highest BCUT2D eigenvalue weighted by Gasteiger charge is 2.13. The van der Waals surface area contributed by atoms with Crippen molar-refractivity contribution in [3.05, 3.63) is 0 Å². The maximum atomic E-state index is 9.58. The van der Waals surface area contributed by atoms with Crippen LogP contribution >= 0.6 is 0 Å². The van der Waals surface area contributed by atoms with E-state index in [1.807, 2.05) is 0 Å². The molecule has 0 aliphatic carbocycles. The summed E-state index contributed by atoms with van der Waals surface area (Å²) in [6, 6.07) is 0. The molecule has 2 atom stereocenters. The Hall–Kier alpha value is -0.160. The monoisotopic (exact) mass is 344 g/mol.